The van der Waals surface area contributed by atoms with Crippen molar-refractivity contribution < 1.29 is 0 Å². The Labute approximate surface area is 127 Å². The van der Waals surface area contributed by atoms with Crippen LogP contribution in [0.5, 0.6) is 0 Å². The number of hydrogen-bond donors (Lipinski definition) is 2. The molecule has 1 aliphatic carbocycles. The molecular weight excluding hydrogens is 260 g/mol. The Balaban J connectivity index is 1.43. The number of nitrogens with one attached hydrogen (secondary N) is 2. The van der Waals surface area contributed by atoms with Crippen LogP contribution in [0.2, 0.25) is 0 Å². The maximum absolute atomic E-state index is 4.32. The van der Waals surface area contributed by atoms with E-state index >= 15 is 0 Å². The number of aryl methyl sites for hydroxylation is 1. The first-order chi connectivity index (χ1) is 10.4. The van der Waals surface area contributed by atoms with Gasteiger partial charge in [-0.15, -0.1) is 0 Å². The number of likely N-dealkylation sites (tertiary alicyclic amines) is 1. The van der Waals surface area contributed by atoms with Gasteiger partial charge in [-0.2, -0.15) is 0 Å². The minimum atomic E-state index is 0.620. The topological polar surface area (TPSA) is 39.7 Å². The molecule has 4 heteroatoms. The minimum Gasteiger partial charge on any atom is -0.356 e. The first kappa shape index (κ1) is 14.4. The summed E-state index contributed by atoms with van der Waals surface area (Å²) in [5.41, 5.74) is 3.03. The van der Waals surface area contributed by atoms with Gasteiger partial charge in [0.05, 0.1) is 0 Å². The summed E-state index contributed by atoms with van der Waals surface area (Å²) in [7, 11) is 1.85. The van der Waals surface area contributed by atoms with E-state index < -0.39 is 0 Å². The Kier molecular flexibility index (Phi) is 4.76. The van der Waals surface area contributed by atoms with Gasteiger partial charge in [-0.1, -0.05) is 24.3 Å². The van der Waals surface area contributed by atoms with Gasteiger partial charge in [0.2, 0.25) is 0 Å². The van der Waals surface area contributed by atoms with E-state index in [2.05, 4.69) is 44.8 Å². The van der Waals surface area contributed by atoms with Crippen LogP contribution in [0, 0.1) is 0 Å². The van der Waals surface area contributed by atoms with Crippen molar-refractivity contribution in [2.24, 2.45) is 4.99 Å². The van der Waals surface area contributed by atoms with Gasteiger partial charge in [-0.05, 0) is 43.5 Å². The van der Waals surface area contributed by atoms with Crippen LogP contribution in [0.3, 0.4) is 0 Å². The molecule has 1 aliphatic heterocycles. The summed E-state index contributed by atoms with van der Waals surface area (Å²) in [5, 5.41) is 6.90. The van der Waals surface area contributed by atoms with Crippen molar-refractivity contribution >= 4 is 5.96 Å². The molecule has 1 aromatic carbocycles. The fraction of sp³-hybridized carbons (Fsp3) is 0.588. The Hall–Kier alpha value is -1.55. The van der Waals surface area contributed by atoms with Crippen molar-refractivity contribution in [3.8, 4) is 0 Å². The molecule has 3 rings (SSSR count). The second kappa shape index (κ2) is 6.94. The fourth-order valence-corrected chi connectivity index (χ4v) is 3.24. The summed E-state index contributed by atoms with van der Waals surface area (Å²) in [5.74, 6) is 1.55. The molecule has 1 unspecified atom stereocenters. The lowest BCUT2D eigenvalue weighted by Crippen LogP contribution is -2.45. The molecule has 21 heavy (non-hydrogen) atoms. The van der Waals surface area contributed by atoms with Crippen LogP contribution in [-0.4, -0.2) is 50.6 Å². The standard InChI is InChI=1S/C17H26N4/c1-18-17(19-9-12-21-10-4-11-21)20-13-15-8-7-14-5-2-3-6-16(14)15/h2-3,5-6,15H,4,7-13H2,1H3,(H2,18,19,20). The molecule has 2 aliphatic rings. The van der Waals surface area contributed by atoms with Crippen molar-refractivity contribution in [3.63, 3.8) is 0 Å². The Bertz CT molecular complexity index is 493. The van der Waals surface area contributed by atoms with Crippen molar-refractivity contribution in [1.29, 1.82) is 0 Å². The van der Waals surface area contributed by atoms with Crippen LogP contribution in [-0.2, 0) is 6.42 Å². The number of rotatable bonds is 5. The summed E-state index contributed by atoms with van der Waals surface area (Å²) in [6, 6.07) is 8.83. The number of nitrogens with zero attached hydrogens (tertiary/aromatic N) is 2. The van der Waals surface area contributed by atoms with Crippen LogP contribution in [0.4, 0.5) is 0 Å². The predicted octanol–water partition coefficient (Wildman–Crippen LogP) is 1.59. The summed E-state index contributed by atoms with van der Waals surface area (Å²) in [6.45, 7) is 5.58. The molecule has 0 bridgehead atoms. The van der Waals surface area contributed by atoms with Crippen molar-refractivity contribution in [2.75, 3.05) is 39.8 Å². The molecule has 0 spiro atoms. The Morgan fingerprint density at radius 3 is 2.90 bits per heavy atom. The van der Waals surface area contributed by atoms with Gasteiger partial charge in [-0.3, -0.25) is 4.99 Å². The highest BCUT2D eigenvalue weighted by molar-refractivity contribution is 5.79. The van der Waals surface area contributed by atoms with E-state index in [0.717, 1.165) is 25.6 Å². The van der Waals surface area contributed by atoms with Gasteiger partial charge in [0.1, 0.15) is 0 Å². The third-order valence-corrected chi connectivity index (χ3v) is 4.67. The monoisotopic (exact) mass is 286 g/mol. The van der Waals surface area contributed by atoms with E-state index in [-0.39, 0.29) is 0 Å². The molecule has 1 heterocycles. The van der Waals surface area contributed by atoms with Crippen LogP contribution in [0.15, 0.2) is 29.3 Å². The van der Waals surface area contributed by atoms with Crippen molar-refractivity contribution in [1.82, 2.24) is 15.5 Å². The largest absolute Gasteiger partial charge is 0.356 e. The molecular formula is C17H26N4. The molecule has 0 radical (unpaired) electrons. The maximum Gasteiger partial charge on any atom is 0.191 e. The van der Waals surface area contributed by atoms with E-state index in [9.17, 15) is 0 Å². The first-order valence-electron chi connectivity index (χ1n) is 8.11. The molecule has 0 saturated carbocycles. The second-order valence-electron chi connectivity index (χ2n) is 6.01. The van der Waals surface area contributed by atoms with Crippen molar-refractivity contribution in [2.45, 2.75) is 25.2 Å². The first-order valence-corrected chi connectivity index (χ1v) is 8.11. The molecule has 0 amide bonds. The predicted molar refractivity (Wildman–Crippen MR) is 87.9 cm³/mol. The zero-order valence-corrected chi connectivity index (χ0v) is 12.9. The molecule has 0 aromatic heterocycles. The molecule has 2 N–H and O–H groups in total. The normalized spacial score (nSPS) is 21.8. The molecule has 1 atom stereocenters. The number of aliphatic imine (C=N–C) groups is 1. The van der Waals surface area contributed by atoms with E-state index in [1.807, 2.05) is 7.05 Å². The zero-order valence-electron chi connectivity index (χ0n) is 12.9. The van der Waals surface area contributed by atoms with E-state index in [0.29, 0.717) is 5.92 Å². The maximum atomic E-state index is 4.32. The van der Waals surface area contributed by atoms with Crippen LogP contribution < -0.4 is 10.6 Å². The number of guanidine groups is 1. The van der Waals surface area contributed by atoms with Gasteiger partial charge in [0, 0.05) is 32.6 Å². The van der Waals surface area contributed by atoms with Gasteiger partial charge < -0.3 is 15.5 Å². The summed E-state index contributed by atoms with van der Waals surface area (Å²) in [6.07, 6.45) is 3.81. The number of hydrogen-bond acceptors (Lipinski definition) is 2. The van der Waals surface area contributed by atoms with E-state index in [4.69, 9.17) is 0 Å². The highest BCUT2D eigenvalue weighted by atomic mass is 15.2. The SMILES string of the molecule is CN=C(NCCN1CCC1)NCC1CCc2ccccc21. The summed E-state index contributed by atoms with van der Waals surface area (Å²) >= 11 is 0. The van der Waals surface area contributed by atoms with Gasteiger partial charge in [0.25, 0.3) is 0 Å². The Morgan fingerprint density at radius 1 is 1.29 bits per heavy atom. The molecule has 4 nitrogen and oxygen atoms in total. The quantitative estimate of drug-likeness (QED) is 0.638. The molecule has 114 valence electrons. The summed E-state index contributed by atoms with van der Waals surface area (Å²) in [4.78, 5) is 6.79. The highest BCUT2D eigenvalue weighted by Gasteiger charge is 2.21. The number of fused-ring (bicyclic) bond motifs is 1. The van der Waals surface area contributed by atoms with E-state index in [1.54, 1.807) is 0 Å². The van der Waals surface area contributed by atoms with Crippen LogP contribution in [0.1, 0.15) is 29.9 Å². The molecule has 1 fully saturated rings. The molecule has 1 aromatic rings. The van der Waals surface area contributed by atoms with Gasteiger partial charge in [-0.25, -0.2) is 0 Å². The van der Waals surface area contributed by atoms with Crippen LogP contribution >= 0.6 is 0 Å². The lowest BCUT2D eigenvalue weighted by Gasteiger charge is -2.30. The van der Waals surface area contributed by atoms with Crippen molar-refractivity contribution in [3.05, 3.63) is 35.4 Å². The zero-order chi connectivity index (χ0) is 14.5. The lowest BCUT2D eigenvalue weighted by atomic mass is 10.0. The third kappa shape index (κ3) is 3.56. The summed E-state index contributed by atoms with van der Waals surface area (Å²) < 4.78 is 0. The third-order valence-electron chi connectivity index (χ3n) is 4.67. The van der Waals surface area contributed by atoms with Crippen LogP contribution in [0.25, 0.3) is 0 Å². The van der Waals surface area contributed by atoms with E-state index in [1.165, 1.54) is 43.5 Å². The number of benzene rings is 1. The minimum absolute atomic E-state index is 0.620. The average Bonchev–Trinajstić information content (AvgIpc) is 2.88. The highest BCUT2D eigenvalue weighted by Crippen LogP contribution is 2.31. The van der Waals surface area contributed by atoms with Gasteiger partial charge in [0.15, 0.2) is 5.96 Å². The average molecular weight is 286 g/mol. The Morgan fingerprint density at radius 2 is 2.14 bits per heavy atom. The molecule has 1 saturated heterocycles. The fourth-order valence-electron chi connectivity index (χ4n) is 3.24. The smallest absolute Gasteiger partial charge is 0.191 e. The van der Waals surface area contributed by atoms with Gasteiger partial charge >= 0.3 is 0 Å². The second-order valence-corrected chi connectivity index (χ2v) is 6.01. The lowest BCUT2D eigenvalue weighted by molar-refractivity contribution is 0.185.